The quantitative estimate of drug-likeness (QED) is 0.840. The molecule has 0 amide bonds. The first-order valence-corrected chi connectivity index (χ1v) is 6.45. The molecule has 9 heteroatoms. The summed E-state index contributed by atoms with van der Waals surface area (Å²) in [4.78, 5) is 17.3. The Bertz CT molecular complexity index is 776. The van der Waals surface area contributed by atoms with Gasteiger partial charge in [0.25, 0.3) is 0 Å². The van der Waals surface area contributed by atoms with Crippen molar-refractivity contribution in [2.75, 3.05) is 7.11 Å². The van der Waals surface area contributed by atoms with E-state index in [2.05, 4.69) is 9.97 Å². The molecule has 0 saturated heterocycles. The highest BCUT2D eigenvalue weighted by Gasteiger charge is 2.33. The van der Waals surface area contributed by atoms with Crippen molar-refractivity contribution in [3.63, 3.8) is 0 Å². The molecule has 2 aromatic rings. The Hall–Kier alpha value is -3.10. The molecule has 0 radical (unpaired) electrons. The lowest BCUT2D eigenvalue weighted by molar-refractivity contribution is -0.141. The highest BCUT2D eigenvalue weighted by molar-refractivity contribution is 5.85. The van der Waals surface area contributed by atoms with Crippen molar-refractivity contribution >= 4 is 12.0 Å². The average molecular weight is 340 g/mol. The topological polar surface area (TPSA) is 81.5 Å². The van der Waals surface area contributed by atoms with Gasteiger partial charge in [-0.05, 0) is 23.8 Å². The molecule has 1 aromatic carbocycles. The summed E-state index contributed by atoms with van der Waals surface area (Å²) in [5.41, 5.74) is -0.618. The summed E-state index contributed by atoms with van der Waals surface area (Å²) in [7, 11) is 1.34. The van der Waals surface area contributed by atoms with Gasteiger partial charge < -0.3 is 14.6 Å². The van der Waals surface area contributed by atoms with Crippen molar-refractivity contribution in [3.8, 4) is 17.4 Å². The molecule has 0 bridgehead atoms. The zero-order valence-corrected chi connectivity index (χ0v) is 12.2. The predicted octanol–water partition coefficient (Wildman–Crippen LogP) is 3.39. The first-order chi connectivity index (χ1) is 11.3. The molecule has 0 spiro atoms. The van der Waals surface area contributed by atoms with Gasteiger partial charge in [0.2, 0.25) is 5.88 Å². The number of carbonyl (C=O) groups is 1. The van der Waals surface area contributed by atoms with E-state index >= 15 is 0 Å². The molecule has 0 unspecified atom stereocenters. The number of ether oxygens (including phenoxy) is 2. The van der Waals surface area contributed by atoms with Gasteiger partial charge in [-0.15, -0.1) is 0 Å². The number of alkyl halides is 3. The third-order valence-electron chi connectivity index (χ3n) is 2.75. The molecule has 1 aromatic heterocycles. The zero-order chi connectivity index (χ0) is 17.7. The molecule has 0 saturated carbocycles. The lowest BCUT2D eigenvalue weighted by Crippen LogP contribution is -2.08. The Morgan fingerprint density at radius 3 is 2.58 bits per heavy atom. The van der Waals surface area contributed by atoms with Crippen LogP contribution in [-0.2, 0) is 11.0 Å². The SMILES string of the molecule is COc1cc(C=CC(=O)O)ccc1Oc1cc(C(F)(F)F)ncn1. The first-order valence-electron chi connectivity index (χ1n) is 6.45. The van der Waals surface area contributed by atoms with Gasteiger partial charge in [-0.2, -0.15) is 13.2 Å². The fraction of sp³-hybridized carbons (Fsp3) is 0.133. The molecule has 0 aliphatic heterocycles. The van der Waals surface area contributed by atoms with Gasteiger partial charge in [0.15, 0.2) is 17.2 Å². The minimum absolute atomic E-state index is 0.122. The molecule has 0 aliphatic carbocycles. The third kappa shape index (κ3) is 4.45. The lowest BCUT2D eigenvalue weighted by Gasteiger charge is -2.11. The summed E-state index contributed by atoms with van der Waals surface area (Å²) >= 11 is 0. The number of nitrogens with zero attached hydrogens (tertiary/aromatic N) is 2. The minimum Gasteiger partial charge on any atom is -0.493 e. The van der Waals surface area contributed by atoms with Crippen molar-refractivity contribution in [2.45, 2.75) is 6.18 Å². The van der Waals surface area contributed by atoms with Crippen molar-refractivity contribution < 1.29 is 32.5 Å². The molecular weight excluding hydrogens is 329 g/mol. The fourth-order valence-electron chi connectivity index (χ4n) is 1.70. The average Bonchev–Trinajstić information content (AvgIpc) is 2.53. The zero-order valence-electron chi connectivity index (χ0n) is 12.2. The monoisotopic (exact) mass is 340 g/mol. The number of methoxy groups -OCH3 is 1. The molecule has 0 fully saturated rings. The second kappa shape index (κ2) is 6.99. The van der Waals surface area contributed by atoms with Crippen LogP contribution in [0, 0.1) is 0 Å². The normalized spacial score (nSPS) is 11.5. The molecule has 24 heavy (non-hydrogen) atoms. The summed E-state index contributed by atoms with van der Waals surface area (Å²) in [5.74, 6) is -1.09. The van der Waals surface area contributed by atoms with Gasteiger partial charge >= 0.3 is 12.1 Å². The first kappa shape index (κ1) is 17.3. The van der Waals surface area contributed by atoms with E-state index in [1.807, 2.05) is 0 Å². The van der Waals surface area contributed by atoms with Crippen molar-refractivity contribution in [1.82, 2.24) is 9.97 Å². The van der Waals surface area contributed by atoms with Crippen LogP contribution in [0.15, 0.2) is 36.7 Å². The van der Waals surface area contributed by atoms with Crippen LogP contribution < -0.4 is 9.47 Å². The second-order valence-electron chi connectivity index (χ2n) is 4.42. The number of aromatic nitrogens is 2. The molecule has 2 rings (SSSR count). The molecule has 1 N–H and O–H groups in total. The van der Waals surface area contributed by atoms with Crippen LogP contribution in [0.5, 0.6) is 17.4 Å². The van der Waals surface area contributed by atoms with E-state index in [1.165, 1.54) is 31.4 Å². The van der Waals surface area contributed by atoms with Crippen LogP contribution in [0.2, 0.25) is 0 Å². The number of hydrogen-bond acceptors (Lipinski definition) is 5. The van der Waals surface area contributed by atoms with Crippen LogP contribution in [0.25, 0.3) is 6.08 Å². The summed E-state index contributed by atoms with van der Waals surface area (Å²) < 4.78 is 48.3. The van der Waals surface area contributed by atoms with Gasteiger partial charge in [0.1, 0.15) is 6.33 Å². The maximum Gasteiger partial charge on any atom is 0.433 e. The van der Waals surface area contributed by atoms with Gasteiger partial charge in [0, 0.05) is 12.1 Å². The van der Waals surface area contributed by atoms with E-state index in [1.54, 1.807) is 0 Å². The molecule has 6 nitrogen and oxygen atoms in total. The smallest absolute Gasteiger partial charge is 0.433 e. The van der Waals surface area contributed by atoms with Crippen molar-refractivity contribution in [1.29, 1.82) is 0 Å². The van der Waals surface area contributed by atoms with Gasteiger partial charge in [-0.25, -0.2) is 14.8 Å². The van der Waals surface area contributed by atoms with E-state index in [-0.39, 0.29) is 17.4 Å². The highest BCUT2D eigenvalue weighted by atomic mass is 19.4. The number of carboxylic acid groups (broad SMARTS) is 1. The number of carboxylic acids is 1. The third-order valence-corrected chi connectivity index (χ3v) is 2.75. The standard InChI is InChI=1S/C15H11F3N2O4/c1-23-11-6-9(3-5-14(21)22)2-4-10(11)24-13-7-12(15(16,17)18)19-8-20-13/h2-8H,1H3,(H,21,22). The molecular formula is C15H11F3N2O4. The summed E-state index contributed by atoms with van der Waals surface area (Å²) in [6, 6.07) is 5.08. The lowest BCUT2D eigenvalue weighted by atomic mass is 10.2. The highest BCUT2D eigenvalue weighted by Crippen LogP contribution is 2.34. The van der Waals surface area contributed by atoms with Crippen LogP contribution in [0.4, 0.5) is 13.2 Å². The minimum atomic E-state index is -4.61. The van der Waals surface area contributed by atoms with Crippen LogP contribution >= 0.6 is 0 Å². The Morgan fingerprint density at radius 2 is 1.96 bits per heavy atom. The summed E-state index contributed by atoms with van der Waals surface area (Å²) in [5, 5.41) is 8.59. The number of aliphatic carboxylic acids is 1. The summed E-state index contributed by atoms with van der Waals surface area (Å²) in [6.45, 7) is 0. The van der Waals surface area contributed by atoms with Gasteiger partial charge in [-0.1, -0.05) is 6.07 Å². The van der Waals surface area contributed by atoms with E-state index in [0.29, 0.717) is 11.6 Å². The van der Waals surface area contributed by atoms with E-state index in [9.17, 15) is 18.0 Å². The van der Waals surface area contributed by atoms with Crippen molar-refractivity contribution in [3.05, 3.63) is 47.9 Å². The number of halogens is 3. The van der Waals surface area contributed by atoms with Gasteiger partial charge in [-0.3, -0.25) is 0 Å². The van der Waals surface area contributed by atoms with E-state index in [4.69, 9.17) is 14.6 Å². The maximum atomic E-state index is 12.6. The van der Waals surface area contributed by atoms with Crippen LogP contribution in [0.1, 0.15) is 11.3 Å². The number of benzene rings is 1. The Balaban J connectivity index is 2.28. The predicted molar refractivity (Wildman–Crippen MR) is 76.8 cm³/mol. The second-order valence-corrected chi connectivity index (χ2v) is 4.42. The fourth-order valence-corrected chi connectivity index (χ4v) is 1.70. The molecule has 0 atom stereocenters. The van der Waals surface area contributed by atoms with Crippen LogP contribution in [-0.4, -0.2) is 28.2 Å². The summed E-state index contributed by atoms with van der Waals surface area (Å²) in [6.07, 6.45) is -1.60. The number of hydrogen-bond donors (Lipinski definition) is 1. The van der Waals surface area contributed by atoms with E-state index < -0.39 is 17.8 Å². The molecule has 0 aliphatic rings. The Labute approximate surface area is 134 Å². The van der Waals surface area contributed by atoms with Crippen molar-refractivity contribution in [2.24, 2.45) is 0 Å². The molecule has 1 heterocycles. The van der Waals surface area contributed by atoms with Gasteiger partial charge in [0.05, 0.1) is 7.11 Å². The van der Waals surface area contributed by atoms with E-state index in [0.717, 1.165) is 12.4 Å². The molecule has 126 valence electrons. The Kier molecular flexibility index (Phi) is 5.02. The maximum absolute atomic E-state index is 12.6. The Morgan fingerprint density at radius 1 is 1.21 bits per heavy atom. The largest absolute Gasteiger partial charge is 0.493 e. The van der Waals surface area contributed by atoms with Crippen LogP contribution in [0.3, 0.4) is 0 Å². The number of rotatable bonds is 5.